The molecular formula is C28H23NO6. The summed E-state index contributed by atoms with van der Waals surface area (Å²) in [5, 5.41) is 11.6. The Labute approximate surface area is 201 Å². The van der Waals surface area contributed by atoms with Gasteiger partial charge in [-0.25, -0.2) is 0 Å². The minimum atomic E-state index is -0.809. The number of hydrogen-bond acceptors (Lipinski definition) is 6. The number of hydrogen-bond donors (Lipinski definition) is 1. The Morgan fingerprint density at radius 1 is 0.971 bits per heavy atom. The van der Waals surface area contributed by atoms with Gasteiger partial charge in [-0.1, -0.05) is 54.6 Å². The molecule has 1 aliphatic heterocycles. The highest BCUT2D eigenvalue weighted by Gasteiger charge is 2.44. The molecule has 0 radical (unpaired) electrons. The van der Waals surface area contributed by atoms with Crippen LogP contribution in [0.15, 0.2) is 94.6 Å². The standard InChI is InChI=1S/C28H23NO6/c1-33-20-13-11-18(12-14-20)24-23(26(31)28(32)29(24)16-17-7-4-3-5-8-17)25(30)22-15-19-9-6-10-21(34-2)27(19)35-22/h3-15,24,31H,16H2,1-2H3. The average Bonchev–Trinajstić information content (AvgIpc) is 3.44. The van der Waals surface area contributed by atoms with Crippen molar-refractivity contribution >= 4 is 22.7 Å². The van der Waals surface area contributed by atoms with Crippen LogP contribution in [-0.4, -0.2) is 35.9 Å². The van der Waals surface area contributed by atoms with E-state index in [1.165, 1.54) is 12.0 Å². The van der Waals surface area contributed by atoms with Gasteiger partial charge in [0.05, 0.1) is 25.8 Å². The van der Waals surface area contributed by atoms with Gasteiger partial charge in [-0.15, -0.1) is 0 Å². The summed E-state index contributed by atoms with van der Waals surface area (Å²) < 4.78 is 16.5. The molecule has 176 valence electrons. The monoisotopic (exact) mass is 469 g/mol. The van der Waals surface area contributed by atoms with Crippen LogP contribution in [0.3, 0.4) is 0 Å². The molecule has 1 atom stereocenters. The number of nitrogens with zero attached hydrogens (tertiary/aromatic N) is 1. The SMILES string of the molecule is COc1ccc(C2C(C(=O)c3cc4cccc(OC)c4o3)=C(O)C(=O)N2Cc2ccccc2)cc1. The van der Waals surface area contributed by atoms with Gasteiger partial charge in [-0.2, -0.15) is 0 Å². The lowest BCUT2D eigenvalue weighted by molar-refractivity contribution is -0.130. The first kappa shape index (κ1) is 22.3. The van der Waals surface area contributed by atoms with Crippen LogP contribution in [0.25, 0.3) is 11.0 Å². The topological polar surface area (TPSA) is 89.2 Å². The maximum atomic E-state index is 13.7. The van der Waals surface area contributed by atoms with Gasteiger partial charge >= 0.3 is 0 Å². The smallest absolute Gasteiger partial charge is 0.290 e. The summed E-state index contributed by atoms with van der Waals surface area (Å²) in [6, 6.07) is 22.6. The van der Waals surface area contributed by atoms with Crippen molar-refractivity contribution in [1.29, 1.82) is 0 Å². The van der Waals surface area contributed by atoms with Crippen molar-refractivity contribution in [3.63, 3.8) is 0 Å². The molecule has 1 unspecified atom stereocenters. The van der Waals surface area contributed by atoms with E-state index in [-0.39, 0.29) is 17.9 Å². The van der Waals surface area contributed by atoms with Gasteiger partial charge in [-0.3, -0.25) is 9.59 Å². The molecule has 35 heavy (non-hydrogen) atoms. The number of para-hydroxylation sites is 1. The van der Waals surface area contributed by atoms with Gasteiger partial charge < -0.3 is 23.9 Å². The number of carbonyl (C=O) groups excluding carboxylic acids is 2. The van der Waals surface area contributed by atoms with E-state index >= 15 is 0 Å². The van der Waals surface area contributed by atoms with Crippen LogP contribution in [0.4, 0.5) is 0 Å². The molecule has 0 saturated carbocycles. The molecule has 4 aromatic rings. The first-order valence-corrected chi connectivity index (χ1v) is 11.0. The normalized spacial score (nSPS) is 15.7. The van der Waals surface area contributed by atoms with Gasteiger partial charge in [0.15, 0.2) is 22.9 Å². The van der Waals surface area contributed by atoms with E-state index < -0.39 is 23.5 Å². The maximum absolute atomic E-state index is 13.7. The van der Waals surface area contributed by atoms with Crippen LogP contribution in [0.1, 0.15) is 27.7 Å². The number of Topliss-reactive ketones (excluding diaryl/α,β-unsaturated/α-hetero) is 1. The molecule has 1 amide bonds. The molecule has 0 spiro atoms. The number of amides is 1. The molecule has 0 bridgehead atoms. The lowest BCUT2D eigenvalue weighted by Crippen LogP contribution is -2.30. The van der Waals surface area contributed by atoms with E-state index in [0.29, 0.717) is 28.0 Å². The number of ether oxygens (including phenoxy) is 2. The maximum Gasteiger partial charge on any atom is 0.290 e. The van der Waals surface area contributed by atoms with Gasteiger partial charge in [0.2, 0.25) is 5.78 Å². The third kappa shape index (κ3) is 3.91. The Kier molecular flexibility index (Phi) is 5.74. The van der Waals surface area contributed by atoms with Crippen molar-refractivity contribution in [2.24, 2.45) is 0 Å². The number of rotatable bonds is 7. The Balaban J connectivity index is 1.60. The number of methoxy groups -OCH3 is 2. The van der Waals surface area contributed by atoms with Crippen LogP contribution in [0.2, 0.25) is 0 Å². The summed E-state index contributed by atoms with van der Waals surface area (Å²) in [5.74, 6) is -0.631. The molecule has 0 fully saturated rings. The van der Waals surface area contributed by atoms with Crippen LogP contribution in [0, 0.1) is 0 Å². The zero-order valence-electron chi connectivity index (χ0n) is 19.2. The lowest BCUT2D eigenvalue weighted by atomic mass is 9.94. The summed E-state index contributed by atoms with van der Waals surface area (Å²) in [6.45, 7) is 0.213. The van der Waals surface area contributed by atoms with Crippen LogP contribution < -0.4 is 9.47 Å². The largest absolute Gasteiger partial charge is 0.503 e. The second-order valence-electron chi connectivity index (χ2n) is 8.18. The quantitative estimate of drug-likeness (QED) is 0.373. The summed E-state index contributed by atoms with van der Waals surface area (Å²) in [7, 11) is 3.08. The first-order valence-electron chi connectivity index (χ1n) is 11.0. The van der Waals surface area contributed by atoms with Gasteiger partial charge in [0, 0.05) is 11.9 Å². The molecule has 1 N–H and O–H groups in total. The fourth-order valence-electron chi connectivity index (χ4n) is 4.40. The minimum Gasteiger partial charge on any atom is -0.503 e. The molecular weight excluding hydrogens is 446 g/mol. The summed E-state index contributed by atoms with van der Waals surface area (Å²) >= 11 is 0. The number of benzene rings is 3. The lowest BCUT2D eigenvalue weighted by Gasteiger charge is -2.27. The minimum absolute atomic E-state index is 0.0129. The van der Waals surface area contributed by atoms with Crippen LogP contribution in [-0.2, 0) is 11.3 Å². The molecule has 1 aliphatic rings. The molecule has 1 aromatic heterocycles. The predicted octanol–water partition coefficient (Wildman–Crippen LogP) is 5.23. The molecule has 2 heterocycles. The van der Waals surface area contributed by atoms with E-state index in [1.54, 1.807) is 55.6 Å². The highest BCUT2D eigenvalue weighted by molar-refractivity contribution is 6.16. The summed E-state index contributed by atoms with van der Waals surface area (Å²) in [5.41, 5.74) is 1.92. The zero-order valence-corrected chi connectivity index (χ0v) is 19.2. The Morgan fingerprint density at radius 3 is 2.40 bits per heavy atom. The zero-order chi connectivity index (χ0) is 24.5. The molecule has 3 aromatic carbocycles. The highest BCUT2D eigenvalue weighted by Crippen LogP contribution is 2.41. The number of aliphatic hydroxyl groups excluding tert-OH is 1. The molecule has 0 aliphatic carbocycles. The van der Waals surface area contributed by atoms with E-state index in [0.717, 1.165) is 5.56 Å². The van der Waals surface area contributed by atoms with Gasteiger partial charge in [0.1, 0.15) is 5.75 Å². The first-order chi connectivity index (χ1) is 17.0. The van der Waals surface area contributed by atoms with Crippen molar-refractivity contribution in [3.8, 4) is 11.5 Å². The fraction of sp³-hybridized carbons (Fsp3) is 0.143. The van der Waals surface area contributed by atoms with Crippen LogP contribution >= 0.6 is 0 Å². The Bertz CT molecular complexity index is 1440. The van der Waals surface area contributed by atoms with E-state index in [1.807, 2.05) is 30.3 Å². The van der Waals surface area contributed by atoms with Gasteiger partial charge in [-0.05, 0) is 35.4 Å². The fourth-order valence-corrected chi connectivity index (χ4v) is 4.40. The van der Waals surface area contributed by atoms with Crippen molar-refractivity contribution in [1.82, 2.24) is 4.90 Å². The molecule has 7 nitrogen and oxygen atoms in total. The summed E-state index contributed by atoms with van der Waals surface area (Å²) in [4.78, 5) is 28.4. The van der Waals surface area contributed by atoms with Crippen molar-refractivity contribution < 1.29 is 28.6 Å². The van der Waals surface area contributed by atoms with Gasteiger partial charge in [0.25, 0.3) is 5.91 Å². The molecule has 5 rings (SSSR count). The predicted molar refractivity (Wildman–Crippen MR) is 129 cm³/mol. The number of fused-ring (bicyclic) bond motifs is 1. The second-order valence-corrected chi connectivity index (χ2v) is 8.18. The molecule has 0 saturated heterocycles. The Hall–Kier alpha value is -4.52. The van der Waals surface area contributed by atoms with Crippen molar-refractivity contribution in [2.75, 3.05) is 14.2 Å². The number of aliphatic hydroxyl groups is 1. The highest BCUT2D eigenvalue weighted by atomic mass is 16.5. The Morgan fingerprint density at radius 2 is 1.71 bits per heavy atom. The van der Waals surface area contributed by atoms with E-state index in [2.05, 4.69) is 0 Å². The number of furan rings is 1. The van der Waals surface area contributed by atoms with Crippen molar-refractivity contribution in [2.45, 2.75) is 12.6 Å². The average molecular weight is 469 g/mol. The third-order valence-corrected chi connectivity index (χ3v) is 6.13. The number of carbonyl (C=O) groups is 2. The van der Waals surface area contributed by atoms with Crippen LogP contribution in [0.5, 0.6) is 11.5 Å². The number of ketones is 1. The summed E-state index contributed by atoms with van der Waals surface area (Å²) in [6.07, 6.45) is 0. The third-order valence-electron chi connectivity index (χ3n) is 6.13. The second kappa shape index (κ2) is 9.02. The van der Waals surface area contributed by atoms with E-state index in [9.17, 15) is 14.7 Å². The molecule has 7 heteroatoms. The van der Waals surface area contributed by atoms with E-state index in [4.69, 9.17) is 13.9 Å². The van der Waals surface area contributed by atoms with Crippen molar-refractivity contribution in [3.05, 3.63) is 107 Å².